The Hall–Kier alpha value is -3.56. The van der Waals surface area contributed by atoms with Crippen molar-refractivity contribution in [1.29, 1.82) is 0 Å². The second-order valence-corrected chi connectivity index (χ2v) is 6.21. The quantitative estimate of drug-likeness (QED) is 0.616. The van der Waals surface area contributed by atoms with Crippen LogP contribution in [0, 0.1) is 0 Å². The van der Waals surface area contributed by atoms with Gasteiger partial charge in [-0.3, -0.25) is 4.79 Å². The van der Waals surface area contributed by atoms with Crippen LogP contribution in [0.25, 0.3) is 11.6 Å². The van der Waals surface area contributed by atoms with Crippen LogP contribution in [0.4, 0.5) is 17.6 Å². The van der Waals surface area contributed by atoms with Crippen LogP contribution < -0.4 is 16.4 Å². The molecule has 0 saturated heterocycles. The highest BCUT2D eigenvalue weighted by Gasteiger charge is 2.23. The summed E-state index contributed by atoms with van der Waals surface area (Å²) in [6, 6.07) is 9.53. The van der Waals surface area contributed by atoms with E-state index in [0.29, 0.717) is 0 Å². The van der Waals surface area contributed by atoms with E-state index in [4.69, 9.17) is 10.3 Å². The second kappa shape index (κ2) is 7.36. The molecular formula is C17H18N8O2. The standard InChI is InChI=1S/C17H18N8O2/c18-16-22-12(23-17(24-16)20-11-6-2-1-3-7-11)13-21-15(27-25-13)14(26)19-10-8-4-5-9-10/h1-3,6-7,10H,4-5,8-9H2,(H,19,26)(H3,18,20,22,23,24). The maximum atomic E-state index is 12.2. The molecule has 10 nitrogen and oxygen atoms in total. The lowest BCUT2D eigenvalue weighted by molar-refractivity contribution is 0.0893. The number of carbonyl (C=O) groups excluding carboxylic acids is 1. The molecule has 1 amide bonds. The molecule has 27 heavy (non-hydrogen) atoms. The smallest absolute Gasteiger partial charge is 0.316 e. The van der Waals surface area contributed by atoms with Crippen LogP contribution in [0.5, 0.6) is 0 Å². The van der Waals surface area contributed by atoms with Gasteiger partial charge in [-0.05, 0) is 25.0 Å². The van der Waals surface area contributed by atoms with Crippen LogP contribution in [-0.2, 0) is 0 Å². The number of hydrogen-bond donors (Lipinski definition) is 3. The maximum absolute atomic E-state index is 12.2. The van der Waals surface area contributed by atoms with Gasteiger partial charge in [0.25, 0.3) is 0 Å². The Morgan fingerprint density at radius 3 is 2.59 bits per heavy atom. The fraction of sp³-hybridized carbons (Fsp3) is 0.294. The van der Waals surface area contributed by atoms with Crippen LogP contribution in [0.15, 0.2) is 34.9 Å². The van der Waals surface area contributed by atoms with E-state index in [0.717, 1.165) is 31.4 Å². The Morgan fingerprint density at radius 2 is 1.81 bits per heavy atom. The first-order valence-electron chi connectivity index (χ1n) is 8.66. The number of aromatic nitrogens is 5. The largest absolute Gasteiger partial charge is 0.368 e. The van der Waals surface area contributed by atoms with Gasteiger partial charge < -0.3 is 20.9 Å². The second-order valence-electron chi connectivity index (χ2n) is 6.21. The van der Waals surface area contributed by atoms with E-state index in [1.165, 1.54) is 0 Å². The predicted octanol–water partition coefficient (Wildman–Crippen LogP) is 1.92. The van der Waals surface area contributed by atoms with Gasteiger partial charge in [0.15, 0.2) is 0 Å². The number of nitrogens with zero attached hydrogens (tertiary/aromatic N) is 5. The Labute approximate surface area is 154 Å². The molecule has 4 N–H and O–H groups in total. The molecule has 0 aliphatic heterocycles. The molecule has 3 aromatic rings. The fourth-order valence-corrected chi connectivity index (χ4v) is 2.92. The average molecular weight is 366 g/mol. The third-order valence-corrected chi connectivity index (χ3v) is 4.19. The van der Waals surface area contributed by atoms with E-state index in [2.05, 4.69) is 35.7 Å². The number of rotatable bonds is 5. The molecule has 0 bridgehead atoms. The monoisotopic (exact) mass is 366 g/mol. The summed E-state index contributed by atoms with van der Waals surface area (Å²) in [5.41, 5.74) is 6.55. The van der Waals surface area contributed by atoms with Crippen LogP contribution in [0.2, 0.25) is 0 Å². The Kier molecular flexibility index (Phi) is 4.60. The summed E-state index contributed by atoms with van der Waals surface area (Å²) in [7, 11) is 0. The van der Waals surface area contributed by atoms with Gasteiger partial charge in [-0.15, -0.1) is 0 Å². The average Bonchev–Trinajstić information content (AvgIpc) is 3.34. The molecule has 1 saturated carbocycles. The van der Waals surface area contributed by atoms with E-state index in [1.807, 2.05) is 30.3 Å². The molecule has 2 heterocycles. The minimum atomic E-state index is -0.398. The number of amides is 1. The van der Waals surface area contributed by atoms with Crippen molar-refractivity contribution in [3.05, 3.63) is 36.2 Å². The number of para-hydroxylation sites is 1. The molecule has 1 aliphatic carbocycles. The van der Waals surface area contributed by atoms with Gasteiger partial charge in [-0.1, -0.05) is 36.2 Å². The number of carbonyl (C=O) groups is 1. The van der Waals surface area contributed by atoms with Crippen LogP contribution in [0.3, 0.4) is 0 Å². The number of anilines is 3. The topological polar surface area (TPSA) is 145 Å². The zero-order valence-corrected chi connectivity index (χ0v) is 14.4. The van der Waals surface area contributed by atoms with Gasteiger partial charge in [-0.2, -0.15) is 19.9 Å². The summed E-state index contributed by atoms with van der Waals surface area (Å²) >= 11 is 0. The van der Waals surface area contributed by atoms with E-state index >= 15 is 0 Å². The van der Waals surface area contributed by atoms with Crippen molar-refractivity contribution >= 4 is 23.5 Å². The molecule has 2 aromatic heterocycles. The first kappa shape index (κ1) is 16.9. The normalized spacial score (nSPS) is 14.2. The lowest BCUT2D eigenvalue weighted by atomic mass is 10.2. The van der Waals surface area contributed by atoms with Gasteiger partial charge in [-0.25, -0.2) is 0 Å². The Morgan fingerprint density at radius 1 is 1.04 bits per heavy atom. The van der Waals surface area contributed by atoms with Crippen molar-refractivity contribution in [3.8, 4) is 11.6 Å². The van der Waals surface area contributed by atoms with Crippen molar-refractivity contribution in [2.24, 2.45) is 0 Å². The molecule has 0 radical (unpaired) electrons. The lowest BCUT2D eigenvalue weighted by Gasteiger charge is -2.08. The number of benzene rings is 1. The lowest BCUT2D eigenvalue weighted by Crippen LogP contribution is -2.32. The van der Waals surface area contributed by atoms with Crippen molar-refractivity contribution in [2.45, 2.75) is 31.7 Å². The van der Waals surface area contributed by atoms with Gasteiger partial charge in [0.05, 0.1) is 0 Å². The zero-order valence-electron chi connectivity index (χ0n) is 14.4. The van der Waals surface area contributed by atoms with Crippen molar-refractivity contribution in [1.82, 2.24) is 30.4 Å². The molecule has 0 spiro atoms. The van der Waals surface area contributed by atoms with E-state index in [1.54, 1.807) is 0 Å². The fourth-order valence-electron chi connectivity index (χ4n) is 2.92. The minimum absolute atomic E-state index is 0.000174. The molecule has 4 rings (SSSR count). The maximum Gasteiger partial charge on any atom is 0.316 e. The molecule has 1 aliphatic rings. The molecular weight excluding hydrogens is 348 g/mol. The van der Waals surface area contributed by atoms with Crippen molar-refractivity contribution in [3.63, 3.8) is 0 Å². The third-order valence-electron chi connectivity index (χ3n) is 4.19. The highest BCUT2D eigenvalue weighted by molar-refractivity contribution is 5.90. The molecule has 1 fully saturated rings. The number of nitrogens with one attached hydrogen (secondary N) is 2. The summed E-state index contributed by atoms with van der Waals surface area (Å²) in [4.78, 5) is 28.6. The zero-order chi connectivity index (χ0) is 18.6. The Bertz CT molecular complexity index is 937. The summed E-state index contributed by atoms with van der Waals surface area (Å²) in [5.74, 6) is -0.106. The first-order chi connectivity index (χ1) is 13.2. The molecule has 10 heteroatoms. The van der Waals surface area contributed by atoms with Gasteiger partial charge >= 0.3 is 11.8 Å². The van der Waals surface area contributed by atoms with Crippen LogP contribution >= 0.6 is 0 Å². The van der Waals surface area contributed by atoms with E-state index in [-0.39, 0.29) is 35.5 Å². The number of nitrogens with two attached hydrogens (primary N) is 1. The van der Waals surface area contributed by atoms with Crippen LogP contribution in [0.1, 0.15) is 36.4 Å². The van der Waals surface area contributed by atoms with Crippen LogP contribution in [-0.4, -0.2) is 37.0 Å². The minimum Gasteiger partial charge on any atom is -0.368 e. The third kappa shape index (κ3) is 4.00. The number of nitrogen functional groups attached to an aromatic ring is 1. The highest BCUT2D eigenvalue weighted by atomic mass is 16.5. The summed E-state index contributed by atoms with van der Waals surface area (Å²) in [6.45, 7) is 0. The highest BCUT2D eigenvalue weighted by Crippen LogP contribution is 2.19. The predicted molar refractivity (Wildman–Crippen MR) is 97.0 cm³/mol. The van der Waals surface area contributed by atoms with Crippen molar-refractivity contribution in [2.75, 3.05) is 11.1 Å². The van der Waals surface area contributed by atoms with Crippen molar-refractivity contribution < 1.29 is 9.32 Å². The van der Waals surface area contributed by atoms with E-state index < -0.39 is 5.91 Å². The first-order valence-corrected chi connectivity index (χ1v) is 8.66. The van der Waals surface area contributed by atoms with Gasteiger partial charge in [0.2, 0.25) is 23.5 Å². The van der Waals surface area contributed by atoms with Gasteiger partial charge in [0, 0.05) is 11.7 Å². The SMILES string of the molecule is Nc1nc(Nc2ccccc2)nc(-c2noc(C(=O)NC3CCCC3)n2)n1. The van der Waals surface area contributed by atoms with Gasteiger partial charge in [0.1, 0.15) is 0 Å². The molecule has 0 atom stereocenters. The number of hydrogen-bond acceptors (Lipinski definition) is 9. The summed E-state index contributed by atoms with van der Waals surface area (Å²) in [5, 5.41) is 9.70. The summed E-state index contributed by atoms with van der Waals surface area (Å²) in [6.07, 6.45) is 4.15. The van der Waals surface area contributed by atoms with E-state index in [9.17, 15) is 4.79 Å². The Balaban J connectivity index is 1.53. The molecule has 138 valence electrons. The summed E-state index contributed by atoms with van der Waals surface area (Å²) < 4.78 is 5.05. The molecule has 0 unspecified atom stereocenters. The molecule has 1 aromatic carbocycles.